The number of nitrogens with one attached hydrogen (secondary N) is 3. The lowest BCUT2D eigenvalue weighted by Gasteiger charge is -2.10. The molecule has 0 saturated heterocycles. The molecule has 0 aliphatic rings. The zero-order valence-corrected chi connectivity index (χ0v) is 16.4. The lowest BCUT2D eigenvalue weighted by molar-refractivity contribution is -0.120. The smallest absolute Gasteiger partial charge is 0.259 e. The molecular weight excluding hydrogens is 382 g/mol. The van der Waals surface area contributed by atoms with E-state index in [1.165, 1.54) is 13.2 Å². The number of hydrogen-bond acceptors (Lipinski definition) is 4. The van der Waals surface area contributed by atoms with Crippen LogP contribution in [0.2, 0.25) is 5.02 Å². The van der Waals surface area contributed by atoms with Crippen LogP contribution in [0, 0.1) is 0 Å². The summed E-state index contributed by atoms with van der Waals surface area (Å²) in [7, 11) is 1.47. The Morgan fingerprint density at radius 3 is 2.29 bits per heavy atom. The molecule has 0 unspecified atom stereocenters. The average Bonchev–Trinajstić information content (AvgIpc) is 2.71. The second-order valence-electron chi connectivity index (χ2n) is 5.84. The van der Waals surface area contributed by atoms with E-state index < -0.39 is 0 Å². The van der Waals surface area contributed by atoms with Crippen LogP contribution in [0.15, 0.2) is 42.5 Å². The van der Waals surface area contributed by atoms with Gasteiger partial charge in [-0.25, -0.2) is 0 Å². The van der Waals surface area contributed by atoms with Crippen molar-refractivity contribution in [1.29, 1.82) is 0 Å². The van der Waals surface area contributed by atoms with E-state index in [-0.39, 0.29) is 17.7 Å². The number of ether oxygens (including phenoxy) is 1. The van der Waals surface area contributed by atoms with Crippen molar-refractivity contribution in [2.24, 2.45) is 0 Å². The summed E-state index contributed by atoms with van der Waals surface area (Å²) in [5, 5.41) is 8.56. The third-order valence-corrected chi connectivity index (χ3v) is 4.10. The summed E-state index contributed by atoms with van der Waals surface area (Å²) in [6.07, 6.45) is 0.405. The van der Waals surface area contributed by atoms with Crippen LogP contribution < -0.4 is 20.7 Å². The maximum absolute atomic E-state index is 12.5. The minimum absolute atomic E-state index is 0.0642. The standard InChI is InChI=1S/C20H22ClN3O4/c1-3-18(25)22-10-11-23-19(26)13-4-7-15(8-5-13)24-20(27)16-12-14(21)6-9-17(16)28-2/h4-9,12H,3,10-11H2,1-2H3,(H,22,25)(H,23,26)(H,24,27). The molecule has 7 nitrogen and oxygen atoms in total. The van der Waals surface area contributed by atoms with Crippen LogP contribution in [0.25, 0.3) is 0 Å². The third-order valence-electron chi connectivity index (χ3n) is 3.86. The molecule has 2 aromatic rings. The predicted octanol–water partition coefficient (Wildman–Crippen LogP) is 2.86. The van der Waals surface area contributed by atoms with Crippen molar-refractivity contribution < 1.29 is 19.1 Å². The Bertz CT molecular complexity index is 853. The molecule has 3 amide bonds. The molecule has 0 aliphatic heterocycles. The van der Waals surface area contributed by atoms with Crippen LogP contribution in [0.1, 0.15) is 34.1 Å². The van der Waals surface area contributed by atoms with Gasteiger partial charge in [-0.15, -0.1) is 0 Å². The highest BCUT2D eigenvalue weighted by atomic mass is 35.5. The van der Waals surface area contributed by atoms with Crippen LogP contribution >= 0.6 is 11.6 Å². The summed E-state index contributed by atoms with van der Waals surface area (Å²) in [6.45, 7) is 2.46. The number of anilines is 1. The van der Waals surface area contributed by atoms with Gasteiger partial charge in [0.25, 0.3) is 11.8 Å². The van der Waals surface area contributed by atoms with Crippen molar-refractivity contribution in [3.63, 3.8) is 0 Å². The van der Waals surface area contributed by atoms with E-state index in [9.17, 15) is 14.4 Å². The minimum atomic E-state index is -0.372. The Hall–Kier alpha value is -3.06. The Kier molecular flexibility index (Phi) is 7.83. The third kappa shape index (κ3) is 5.99. The molecule has 0 fully saturated rings. The molecule has 2 rings (SSSR count). The van der Waals surface area contributed by atoms with Crippen LogP contribution in [-0.2, 0) is 4.79 Å². The number of halogens is 1. The van der Waals surface area contributed by atoms with E-state index in [0.29, 0.717) is 47.1 Å². The largest absolute Gasteiger partial charge is 0.496 e. The van der Waals surface area contributed by atoms with Gasteiger partial charge in [0.1, 0.15) is 5.75 Å². The number of amides is 3. The van der Waals surface area contributed by atoms with Crippen molar-refractivity contribution in [3.8, 4) is 5.75 Å². The molecule has 28 heavy (non-hydrogen) atoms. The maximum atomic E-state index is 12.5. The molecule has 0 heterocycles. The number of hydrogen-bond donors (Lipinski definition) is 3. The lowest BCUT2D eigenvalue weighted by atomic mass is 10.1. The molecule has 8 heteroatoms. The Morgan fingerprint density at radius 2 is 1.64 bits per heavy atom. The summed E-state index contributed by atoms with van der Waals surface area (Å²) in [5.74, 6) is -0.290. The molecule has 0 radical (unpaired) electrons. The Labute approximate surface area is 168 Å². The average molecular weight is 404 g/mol. The Balaban J connectivity index is 1.93. The highest BCUT2D eigenvalue weighted by molar-refractivity contribution is 6.31. The van der Waals surface area contributed by atoms with Gasteiger partial charge >= 0.3 is 0 Å². The second-order valence-corrected chi connectivity index (χ2v) is 6.27. The van der Waals surface area contributed by atoms with E-state index >= 15 is 0 Å². The van der Waals surface area contributed by atoms with Gasteiger partial charge in [-0.1, -0.05) is 18.5 Å². The second kappa shape index (κ2) is 10.3. The van der Waals surface area contributed by atoms with E-state index in [1.54, 1.807) is 43.3 Å². The fourth-order valence-electron chi connectivity index (χ4n) is 2.37. The quantitative estimate of drug-likeness (QED) is 0.590. The summed E-state index contributed by atoms with van der Waals surface area (Å²) in [5.41, 5.74) is 1.28. The van der Waals surface area contributed by atoms with E-state index in [2.05, 4.69) is 16.0 Å². The first-order valence-electron chi connectivity index (χ1n) is 8.74. The molecule has 0 saturated carbocycles. The number of carbonyl (C=O) groups is 3. The molecular formula is C20H22ClN3O4. The summed E-state index contributed by atoms with van der Waals surface area (Å²) < 4.78 is 5.18. The SMILES string of the molecule is CCC(=O)NCCNC(=O)c1ccc(NC(=O)c2cc(Cl)ccc2OC)cc1. The van der Waals surface area contributed by atoms with Crippen LogP contribution in [0.3, 0.4) is 0 Å². The summed E-state index contributed by atoms with van der Waals surface area (Å²) in [6, 6.07) is 11.2. The normalized spacial score (nSPS) is 10.1. The maximum Gasteiger partial charge on any atom is 0.259 e. The fourth-order valence-corrected chi connectivity index (χ4v) is 2.54. The van der Waals surface area contributed by atoms with Crippen LogP contribution in [0.5, 0.6) is 5.75 Å². The van der Waals surface area contributed by atoms with Crippen molar-refractivity contribution in [2.45, 2.75) is 13.3 Å². The molecule has 148 valence electrons. The molecule has 0 bridgehead atoms. The topological polar surface area (TPSA) is 96.5 Å². The number of methoxy groups -OCH3 is 1. The number of benzene rings is 2. The molecule has 0 atom stereocenters. The van der Waals surface area contributed by atoms with Crippen molar-refractivity contribution >= 4 is 35.0 Å². The zero-order valence-electron chi connectivity index (χ0n) is 15.7. The van der Waals surface area contributed by atoms with E-state index in [4.69, 9.17) is 16.3 Å². The summed E-state index contributed by atoms with van der Waals surface area (Å²) >= 11 is 5.95. The number of rotatable bonds is 8. The van der Waals surface area contributed by atoms with E-state index in [0.717, 1.165) is 0 Å². The highest BCUT2D eigenvalue weighted by Crippen LogP contribution is 2.23. The monoisotopic (exact) mass is 403 g/mol. The first kappa shape index (κ1) is 21.2. The van der Waals surface area contributed by atoms with E-state index in [1.807, 2.05) is 0 Å². The molecule has 0 aromatic heterocycles. The van der Waals surface area contributed by atoms with Crippen molar-refractivity contribution in [1.82, 2.24) is 10.6 Å². The van der Waals surface area contributed by atoms with Crippen molar-refractivity contribution in [3.05, 3.63) is 58.6 Å². The van der Waals surface area contributed by atoms with Gasteiger partial charge in [0.15, 0.2) is 0 Å². The first-order valence-corrected chi connectivity index (χ1v) is 9.12. The van der Waals surface area contributed by atoms with Gasteiger partial charge in [0, 0.05) is 35.8 Å². The lowest BCUT2D eigenvalue weighted by Crippen LogP contribution is -2.34. The van der Waals surface area contributed by atoms with Crippen LogP contribution in [-0.4, -0.2) is 37.9 Å². The van der Waals surface area contributed by atoms with Crippen molar-refractivity contribution in [2.75, 3.05) is 25.5 Å². The predicted molar refractivity (Wildman–Crippen MR) is 108 cm³/mol. The van der Waals surface area contributed by atoms with Gasteiger partial charge in [-0.3, -0.25) is 14.4 Å². The minimum Gasteiger partial charge on any atom is -0.496 e. The van der Waals surface area contributed by atoms with Gasteiger partial charge in [0.05, 0.1) is 12.7 Å². The van der Waals surface area contributed by atoms with Gasteiger partial charge in [-0.2, -0.15) is 0 Å². The highest BCUT2D eigenvalue weighted by Gasteiger charge is 2.13. The molecule has 2 aromatic carbocycles. The van der Waals surface area contributed by atoms with Gasteiger partial charge < -0.3 is 20.7 Å². The summed E-state index contributed by atoms with van der Waals surface area (Å²) in [4.78, 5) is 35.7. The van der Waals surface area contributed by atoms with Crippen LogP contribution in [0.4, 0.5) is 5.69 Å². The molecule has 0 aliphatic carbocycles. The number of carbonyl (C=O) groups excluding carboxylic acids is 3. The molecule has 3 N–H and O–H groups in total. The van der Waals surface area contributed by atoms with Gasteiger partial charge in [0.2, 0.25) is 5.91 Å². The fraction of sp³-hybridized carbons (Fsp3) is 0.250. The van der Waals surface area contributed by atoms with Gasteiger partial charge in [-0.05, 0) is 42.5 Å². The molecule has 0 spiro atoms. The zero-order chi connectivity index (χ0) is 20.5. The Morgan fingerprint density at radius 1 is 0.964 bits per heavy atom. The first-order chi connectivity index (χ1) is 13.4.